The number of unbranched alkanes of at least 4 members (excludes halogenated alkanes) is 14. The second kappa shape index (κ2) is 41.7. The molecular weight excluding hydrogens is 754 g/mol. The van der Waals surface area contributed by atoms with Gasteiger partial charge in [0.15, 0.2) is 0 Å². The molecule has 10 N–H and O–H groups in total. The quantitative estimate of drug-likeness (QED) is 0.0249. The van der Waals surface area contributed by atoms with Gasteiger partial charge in [-0.2, -0.15) is 0 Å². The minimum atomic E-state index is -0.697. The van der Waals surface area contributed by atoms with Crippen molar-refractivity contribution in [3.8, 4) is 0 Å². The van der Waals surface area contributed by atoms with Crippen LogP contribution in [0.1, 0.15) is 135 Å². The number of hydrogen-bond acceptors (Lipinski definition) is 12. The van der Waals surface area contributed by atoms with E-state index >= 15 is 0 Å². The molecule has 0 fully saturated rings. The maximum atomic E-state index is 12.1. The SMILES string of the molecule is NN[C@@H](CCCCNC(=O)COCCOCCNC(=O)COCCOCCNC(=O)CCCNC(=O)CCCCCCCCCCCCCCCCC(=O)O)C(N)=O. The fourth-order valence-electron chi connectivity index (χ4n) is 5.74. The Hall–Kier alpha value is -3.42. The Morgan fingerprint density at radius 1 is 0.431 bits per heavy atom. The predicted molar refractivity (Wildman–Crippen MR) is 220 cm³/mol. The lowest BCUT2D eigenvalue weighted by molar-refractivity contribution is -0.137. The molecule has 0 aromatic heterocycles. The third-order valence-corrected chi connectivity index (χ3v) is 9.08. The smallest absolute Gasteiger partial charge is 0.303 e. The first-order valence-electron chi connectivity index (χ1n) is 21.5. The van der Waals surface area contributed by atoms with E-state index in [1.165, 1.54) is 51.4 Å². The number of carboxylic acids is 1. The Kier molecular flexibility index (Phi) is 39.3. The van der Waals surface area contributed by atoms with Crippen molar-refractivity contribution in [2.45, 2.75) is 141 Å². The number of carboxylic acid groups (broad SMARTS) is 1. The first-order valence-corrected chi connectivity index (χ1v) is 21.5. The van der Waals surface area contributed by atoms with Gasteiger partial charge in [-0.25, -0.2) is 5.43 Å². The molecule has 0 radical (unpaired) electrons. The molecule has 0 saturated heterocycles. The summed E-state index contributed by atoms with van der Waals surface area (Å²) >= 11 is 0. The molecule has 18 nitrogen and oxygen atoms in total. The molecule has 338 valence electrons. The van der Waals surface area contributed by atoms with Crippen molar-refractivity contribution in [2.75, 3.05) is 79.0 Å². The van der Waals surface area contributed by atoms with Crippen molar-refractivity contribution in [1.82, 2.24) is 26.7 Å². The lowest BCUT2D eigenvalue weighted by Crippen LogP contribution is -2.45. The summed E-state index contributed by atoms with van der Waals surface area (Å²) in [5.41, 5.74) is 7.55. The maximum Gasteiger partial charge on any atom is 0.303 e. The van der Waals surface area contributed by atoms with E-state index in [-0.39, 0.29) is 69.9 Å². The summed E-state index contributed by atoms with van der Waals surface area (Å²) in [6.45, 7) is 2.96. The first kappa shape index (κ1) is 54.6. The van der Waals surface area contributed by atoms with Crippen LogP contribution in [0.15, 0.2) is 0 Å². The summed E-state index contributed by atoms with van der Waals surface area (Å²) in [5.74, 6) is 3.43. The van der Waals surface area contributed by atoms with E-state index in [4.69, 9.17) is 35.6 Å². The average Bonchev–Trinajstić information content (AvgIpc) is 3.19. The molecule has 0 rings (SSSR count). The monoisotopic (exact) mass is 832 g/mol. The van der Waals surface area contributed by atoms with Crippen LogP contribution in [0.25, 0.3) is 0 Å². The largest absolute Gasteiger partial charge is 0.481 e. The Bertz CT molecular complexity index is 1070. The number of amides is 5. The van der Waals surface area contributed by atoms with E-state index in [1.54, 1.807) is 0 Å². The number of hydrazine groups is 1. The Morgan fingerprint density at radius 2 is 0.810 bits per heavy atom. The number of ether oxygens (including phenoxy) is 4. The molecule has 18 heteroatoms. The van der Waals surface area contributed by atoms with Crippen LogP contribution in [0.4, 0.5) is 0 Å². The van der Waals surface area contributed by atoms with Crippen LogP contribution < -0.4 is 38.3 Å². The van der Waals surface area contributed by atoms with E-state index < -0.39 is 17.9 Å². The summed E-state index contributed by atoms with van der Waals surface area (Å²) in [7, 11) is 0. The highest BCUT2D eigenvalue weighted by Crippen LogP contribution is 2.14. The maximum absolute atomic E-state index is 12.1. The second-order valence-electron chi connectivity index (χ2n) is 14.3. The third kappa shape index (κ3) is 40.8. The molecule has 0 saturated carbocycles. The molecule has 1 atom stereocenters. The molecule has 0 unspecified atom stereocenters. The minimum Gasteiger partial charge on any atom is -0.481 e. The number of nitrogens with one attached hydrogen (secondary N) is 5. The van der Waals surface area contributed by atoms with E-state index in [2.05, 4.69) is 26.7 Å². The summed E-state index contributed by atoms with van der Waals surface area (Å²) < 4.78 is 21.3. The van der Waals surface area contributed by atoms with E-state index in [0.29, 0.717) is 77.7 Å². The van der Waals surface area contributed by atoms with Crippen LogP contribution >= 0.6 is 0 Å². The molecule has 0 aliphatic carbocycles. The molecule has 58 heavy (non-hydrogen) atoms. The number of carbonyl (C=O) groups is 6. The molecule has 0 aromatic carbocycles. The van der Waals surface area contributed by atoms with Crippen molar-refractivity contribution >= 4 is 35.5 Å². The van der Waals surface area contributed by atoms with E-state index in [0.717, 1.165) is 38.5 Å². The molecule has 0 aromatic rings. The zero-order valence-electron chi connectivity index (χ0n) is 35.1. The number of aliphatic carboxylic acids is 1. The zero-order chi connectivity index (χ0) is 42.7. The number of carbonyl (C=O) groups excluding carboxylic acids is 5. The predicted octanol–water partition coefficient (Wildman–Crippen LogP) is 2.11. The lowest BCUT2D eigenvalue weighted by Gasteiger charge is -2.11. The van der Waals surface area contributed by atoms with E-state index in [9.17, 15) is 28.8 Å². The molecule has 0 bridgehead atoms. The van der Waals surface area contributed by atoms with Gasteiger partial charge in [-0.3, -0.25) is 34.6 Å². The zero-order valence-corrected chi connectivity index (χ0v) is 35.1. The van der Waals surface area contributed by atoms with Gasteiger partial charge in [-0.1, -0.05) is 77.0 Å². The highest BCUT2D eigenvalue weighted by atomic mass is 16.5. The molecule has 0 spiro atoms. The first-order chi connectivity index (χ1) is 28.1. The van der Waals surface area contributed by atoms with Crippen LogP contribution in [-0.2, 0) is 47.7 Å². The molecule has 0 aliphatic rings. The minimum absolute atomic E-state index is 0.0348. The van der Waals surface area contributed by atoms with Gasteiger partial charge in [-0.15, -0.1) is 0 Å². The highest BCUT2D eigenvalue weighted by molar-refractivity contribution is 5.79. The van der Waals surface area contributed by atoms with Gasteiger partial charge in [0, 0.05) is 45.4 Å². The molecule has 0 aliphatic heterocycles. The fraction of sp³-hybridized carbons (Fsp3) is 0.850. The summed E-state index contributed by atoms with van der Waals surface area (Å²) in [4.78, 5) is 69.3. The van der Waals surface area contributed by atoms with Crippen LogP contribution in [-0.4, -0.2) is 126 Å². The van der Waals surface area contributed by atoms with Gasteiger partial charge in [-0.05, 0) is 38.5 Å². The normalized spacial score (nSPS) is 11.5. The summed E-state index contributed by atoms with van der Waals surface area (Å²) in [5, 5.41) is 19.7. The van der Waals surface area contributed by atoms with Crippen LogP contribution in [0.5, 0.6) is 0 Å². The molecule has 5 amide bonds. The van der Waals surface area contributed by atoms with Gasteiger partial charge in [0.25, 0.3) is 0 Å². The number of nitrogens with two attached hydrogens (primary N) is 2. The third-order valence-electron chi connectivity index (χ3n) is 9.08. The summed E-state index contributed by atoms with van der Waals surface area (Å²) in [6, 6.07) is -0.584. The van der Waals surface area contributed by atoms with Crippen LogP contribution in [0, 0.1) is 0 Å². The van der Waals surface area contributed by atoms with Crippen molar-refractivity contribution in [2.24, 2.45) is 11.6 Å². The fourth-order valence-corrected chi connectivity index (χ4v) is 5.74. The topological polar surface area (TPSA) is 272 Å². The van der Waals surface area contributed by atoms with Crippen molar-refractivity contribution in [1.29, 1.82) is 0 Å². The van der Waals surface area contributed by atoms with Crippen molar-refractivity contribution in [3.63, 3.8) is 0 Å². The van der Waals surface area contributed by atoms with Gasteiger partial charge < -0.3 is 51.1 Å². The second-order valence-corrected chi connectivity index (χ2v) is 14.3. The van der Waals surface area contributed by atoms with Crippen molar-refractivity contribution in [3.05, 3.63) is 0 Å². The summed E-state index contributed by atoms with van der Waals surface area (Å²) in [6.07, 6.45) is 19.6. The number of rotatable bonds is 44. The van der Waals surface area contributed by atoms with E-state index in [1.807, 2.05) is 0 Å². The standard InChI is InChI=1S/C40H77N7O11/c41-40(54)34(47-42)18-15-16-22-44-37(50)32-57-30-29-56-27-25-46-38(51)33-58-31-28-55-26-24-45-36(49)20-17-23-43-35(48)19-13-11-9-7-5-3-1-2-4-6-8-10-12-14-21-39(52)53/h34,47H,1-33,42H2,(H2,41,54)(H,43,48)(H,44,50)(H,45,49)(H,46,51)(H,52,53)/t34-/m0/s1. The van der Waals surface area contributed by atoms with Gasteiger partial charge in [0.1, 0.15) is 13.2 Å². The molecular formula is C40H77N7O11. The average molecular weight is 832 g/mol. The van der Waals surface area contributed by atoms with Crippen molar-refractivity contribution < 1.29 is 52.8 Å². The Morgan fingerprint density at radius 3 is 1.28 bits per heavy atom. The van der Waals surface area contributed by atoms with Crippen LogP contribution in [0.3, 0.4) is 0 Å². The lowest BCUT2D eigenvalue weighted by atomic mass is 10.0. The highest BCUT2D eigenvalue weighted by Gasteiger charge is 2.12. The number of primary amides is 1. The Balaban J connectivity index is 3.40. The van der Waals surface area contributed by atoms with Crippen LogP contribution in [0.2, 0.25) is 0 Å². The van der Waals surface area contributed by atoms with Gasteiger partial charge >= 0.3 is 5.97 Å². The molecule has 0 heterocycles. The van der Waals surface area contributed by atoms with Gasteiger partial charge in [0.2, 0.25) is 29.5 Å². The van der Waals surface area contributed by atoms with Gasteiger partial charge in [0.05, 0.1) is 45.7 Å². The number of hydrogen-bond donors (Lipinski definition) is 8. The Labute approximate surface area is 346 Å².